The largest absolute Gasteiger partial charge is 0.379 e. The third kappa shape index (κ3) is 5.29. The molecule has 5 nitrogen and oxygen atoms in total. The highest BCUT2D eigenvalue weighted by molar-refractivity contribution is 9.10. The Hall–Kier alpha value is -1.63. The maximum Gasteiger partial charge on any atom is 0.272 e. The Labute approximate surface area is 138 Å². The number of carbonyl (C=O) groups excluding carboxylic acids is 1. The van der Waals surface area contributed by atoms with Crippen LogP contribution in [0.1, 0.15) is 23.0 Å². The van der Waals surface area contributed by atoms with Crippen molar-refractivity contribution in [2.45, 2.75) is 13.5 Å². The number of amides is 1. The monoisotopic (exact) mass is 366 g/mol. The number of hydrogen-bond acceptors (Lipinski definition) is 3. The van der Waals surface area contributed by atoms with Crippen molar-refractivity contribution in [2.24, 2.45) is 0 Å². The highest BCUT2D eigenvalue weighted by atomic mass is 79.9. The third-order valence-electron chi connectivity index (χ3n) is 2.92. The second-order valence-electron chi connectivity index (χ2n) is 4.64. The van der Waals surface area contributed by atoms with Gasteiger partial charge in [-0.2, -0.15) is 0 Å². The predicted octanol–water partition coefficient (Wildman–Crippen LogP) is 3.58. The van der Waals surface area contributed by atoms with Crippen LogP contribution in [0.15, 0.2) is 41.0 Å². The van der Waals surface area contributed by atoms with Crippen LogP contribution in [0.25, 0.3) is 0 Å². The van der Waals surface area contributed by atoms with Crippen LogP contribution in [0, 0.1) is 0 Å². The van der Waals surface area contributed by atoms with Gasteiger partial charge in [0.25, 0.3) is 5.91 Å². The van der Waals surface area contributed by atoms with Crippen LogP contribution in [-0.4, -0.2) is 30.7 Å². The number of rotatable bonds is 8. The maximum atomic E-state index is 12.1. The summed E-state index contributed by atoms with van der Waals surface area (Å²) in [6.45, 7) is 4.29. The van der Waals surface area contributed by atoms with Gasteiger partial charge in [-0.15, -0.1) is 0 Å². The maximum absolute atomic E-state index is 12.1. The van der Waals surface area contributed by atoms with E-state index >= 15 is 0 Å². The molecular formula is C16H19BrN2O3. The Morgan fingerprint density at radius 3 is 2.82 bits per heavy atom. The van der Waals surface area contributed by atoms with Crippen molar-refractivity contribution in [1.82, 2.24) is 4.98 Å². The molecule has 0 spiro atoms. The summed E-state index contributed by atoms with van der Waals surface area (Å²) in [6.07, 6.45) is 1.72. The molecule has 0 aliphatic rings. The summed E-state index contributed by atoms with van der Waals surface area (Å²) >= 11 is 3.31. The highest BCUT2D eigenvalue weighted by Gasteiger charge is 2.08. The van der Waals surface area contributed by atoms with Gasteiger partial charge in [-0.3, -0.25) is 4.79 Å². The fourth-order valence-electron chi connectivity index (χ4n) is 1.89. The van der Waals surface area contributed by atoms with E-state index in [1.165, 1.54) is 0 Å². The lowest BCUT2D eigenvalue weighted by molar-refractivity contribution is 0.0453. The second-order valence-corrected chi connectivity index (χ2v) is 5.55. The van der Waals surface area contributed by atoms with E-state index in [4.69, 9.17) is 9.47 Å². The van der Waals surface area contributed by atoms with Crippen molar-refractivity contribution in [3.63, 3.8) is 0 Å². The van der Waals surface area contributed by atoms with Gasteiger partial charge in [0.1, 0.15) is 5.69 Å². The van der Waals surface area contributed by atoms with Crippen molar-refractivity contribution in [3.05, 3.63) is 52.3 Å². The van der Waals surface area contributed by atoms with Crippen LogP contribution in [0.4, 0.5) is 5.69 Å². The van der Waals surface area contributed by atoms with Crippen LogP contribution in [0.2, 0.25) is 0 Å². The number of ether oxygens (including phenoxy) is 2. The first-order chi connectivity index (χ1) is 10.7. The van der Waals surface area contributed by atoms with E-state index in [0.29, 0.717) is 32.1 Å². The van der Waals surface area contributed by atoms with E-state index in [9.17, 15) is 4.79 Å². The Morgan fingerprint density at radius 1 is 1.27 bits per heavy atom. The molecule has 1 aromatic heterocycles. The quantitative estimate of drug-likeness (QED) is 0.701. The molecule has 0 saturated heterocycles. The fourth-order valence-corrected chi connectivity index (χ4v) is 2.23. The van der Waals surface area contributed by atoms with Crippen LogP contribution in [-0.2, 0) is 16.1 Å². The number of anilines is 1. The lowest BCUT2D eigenvalue weighted by Gasteiger charge is -2.08. The first kappa shape index (κ1) is 16.7. The molecule has 2 N–H and O–H groups in total. The van der Waals surface area contributed by atoms with Crippen molar-refractivity contribution in [1.29, 1.82) is 0 Å². The van der Waals surface area contributed by atoms with Gasteiger partial charge in [-0.05, 0) is 46.6 Å². The van der Waals surface area contributed by atoms with Gasteiger partial charge in [0.05, 0.1) is 19.8 Å². The zero-order chi connectivity index (χ0) is 15.8. The third-order valence-corrected chi connectivity index (χ3v) is 3.38. The van der Waals surface area contributed by atoms with E-state index in [1.54, 1.807) is 12.3 Å². The lowest BCUT2D eigenvalue weighted by Crippen LogP contribution is -2.12. The van der Waals surface area contributed by atoms with Crippen molar-refractivity contribution in [3.8, 4) is 0 Å². The van der Waals surface area contributed by atoms with Gasteiger partial charge in [0, 0.05) is 23.0 Å². The van der Waals surface area contributed by atoms with Gasteiger partial charge in [0.2, 0.25) is 0 Å². The van der Waals surface area contributed by atoms with E-state index in [-0.39, 0.29) is 5.91 Å². The minimum absolute atomic E-state index is 0.180. The molecule has 1 aromatic carbocycles. The van der Waals surface area contributed by atoms with Gasteiger partial charge in [-0.25, -0.2) is 0 Å². The highest BCUT2D eigenvalue weighted by Crippen LogP contribution is 2.15. The number of aromatic nitrogens is 1. The normalized spacial score (nSPS) is 10.6. The average molecular weight is 367 g/mol. The number of carbonyl (C=O) groups is 1. The predicted molar refractivity (Wildman–Crippen MR) is 89.0 cm³/mol. The molecule has 0 radical (unpaired) electrons. The van der Waals surface area contributed by atoms with Crippen LogP contribution >= 0.6 is 15.9 Å². The molecular weight excluding hydrogens is 348 g/mol. The topological polar surface area (TPSA) is 63.4 Å². The van der Waals surface area contributed by atoms with Gasteiger partial charge in [0.15, 0.2) is 0 Å². The molecule has 0 aliphatic heterocycles. The Bertz CT molecular complexity index is 613. The number of benzene rings is 1. The van der Waals surface area contributed by atoms with Gasteiger partial charge < -0.3 is 19.8 Å². The number of H-pyrrole nitrogens is 1. The summed E-state index contributed by atoms with van der Waals surface area (Å²) in [6, 6.07) is 9.33. The Morgan fingerprint density at radius 2 is 2.09 bits per heavy atom. The minimum atomic E-state index is -0.180. The molecule has 0 aliphatic carbocycles. The molecule has 0 unspecified atom stereocenters. The van der Waals surface area contributed by atoms with E-state index in [0.717, 1.165) is 15.7 Å². The van der Waals surface area contributed by atoms with Crippen molar-refractivity contribution in [2.75, 3.05) is 25.1 Å². The van der Waals surface area contributed by atoms with Crippen LogP contribution in [0.3, 0.4) is 0 Å². The van der Waals surface area contributed by atoms with E-state index in [2.05, 4.69) is 26.2 Å². The minimum Gasteiger partial charge on any atom is -0.379 e. The summed E-state index contributed by atoms with van der Waals surface area (Å²) in [7, 11) is 0. The molecule has 2 rings (SSSR count). The lowest BCUT2D eigenvalue weighted by atomic mass is 10.2. The average Bonchev–Trinajstić information content (AvgIpc) is 2.94. The Kier molecular flexibility index (Phi) is 6.64. The van der Waals surface area contributed by atoms with Crippen molar-refractivity contribution < 1.29 is 14.3 Å². The molecule has 118 valence electrons. The zero-order valence-corrected chi connectivity index (χ0v) is 14.0. The molecule has 22 heavy (non-hydrogen) atoms. The number of nitrogens with one attached hydrogen (secondary N) is 2. The summed E-state index contributed by atoms with van der Waals surface area (Å²) in [5.74, 6) is -0.180. The molecule has 0 saturated carbocycles. The first-order valence-electron chi connectivity index (χ1n) is 7.08. The van der Waals surface area contributed by atoms with Crippen LogP contribution in [0.5, 0.6) is 0 Å². The van der Waals surface area contributed by atoms with Gasteiger partial charge in [-0.1, -0.05) is 12.1 Å². The number of hydrogen-bond donors (Lipinski definition) is 2. The van der Waals surface area contributed by atoms with Gasteiger partial charge >= 0.3 is 0 Å². The molecule has 0 fully saturated rings. The smallest absolute Gasteiger partial charge is 0.272 e. The van der Waals surface area contributed by atoms with E-state index in [1.807, 2.05) is 31.2 Å². The van der Waals surface area contributed by atoms with Crippen molar-refractivity contribution >= 4 is 27.5 Å². The molecule has 1 amide bonds. The molecule has 0 atom stereocenters. The number of aromatic amines is 1. The summed E-state index contributed by atoms with van der Waals surface area (Å²) in [5.41, 5.74) is 2.24. The summed E-state index contributed by atoms with van der Waals surface area (Å²) in [4.78, 5) is 15.0. The molecule has 1 heterocycles. The molecule has 2 aromatic rings. The Balaban J connectivity index is 1.87. The summed E-state index contributed by atoms with van der Waals surface area (Å²) < 4.78 is 11.6. The zero-order valence-electron chi connectivity index (χ0n) is 12.4. The fraction of sp³-hybridized carbons (Fsp3) is 0.312. The van der Waals surface area contributed by atoms with Crippen LogP contribution < -0.4 is 5.32 Å². The molecule has 0 bridgehead atoms. The van der Waals surface area contributed by atoms with E-state index < -0.39 is 0 Å². The SMILES string of the molecule is CCOCCOCc1cccc(NC(=O)c2cc(Br)c[nH]2)c1. The number of halogens is 1. The molecule has 6 heteroatoms. The standard InChI is InChI=1S/C16H19BrN2O3/c1-2-21-6-7-22-11-12-4-3-5-14(8-12)19-16(20)15-9-13(17)10-18-15/h3-5,8-10,18H,2,6-7,11H2,1H3,(H,19,20). The second kappa shape index (κ2) is 8.73. The first-order valence-corrected chi connectivity index (χ1v) is 7.88. The summed E-state index contributed by atoms with van der Waals surface area (Å²) in [5, 5.41) is 2.85.